The predicted molar refractivity (Wildman–Crippen MR) is 48.9 cm³/mol. The van der Waals surface area contributed by atoms with Crippen LogP contribution in [0.15, 0.2) is 11.6 Å². The van der Waals surface area contributed by atoms with E-state index in [9.17, 15) is 10.2 Å². The molecule has 0 spiro atoms. The zero-order valence-electron chi connectivity index (χ0n) is 7.88. The number of aliphatic hydroxyl groups is 2. The van der Waals surface area contributed by atoms with Crippen molar-refractivity contribution < 1.29 is 10.2 Å². The van der Waals surface area contributed by atoms with E-state index in [4.69, 9.17) is 0 Å². The van der Waals surface area contributed by atoms with Crippen LogP contribution in [0.3, 0.4) is 0 Å². The molecule has 0 saturated heterocycles. The molecule has 2 N–H and O–H groups in total. The van der Waals surface area contributed by atoms with Gasteiger partial charge in [-0.25, -0.2) is 0 Å². The van der Waals surface area contributed by atoms with E-state index in [2.05, 4.69) is 0 Å². The van der Waals surface area contributed by atoms with Gasteiger partial charge in [-0.15, -0.1) is 0 Å². The molecular formula is C10H18O2. The van der Waals surface area contributed by atoms with Crippen LogP contribution >= 0.6 is 0 Å². The monoisotopic (exact) mass is 170 g/mol. The summed E-state index contributed by atoms with van der Waals surface area (Å²) in [7, 11) is 0. The molecule has 70 valence electrons. The summed E-state index contributed by atoms with van der Waals surface area (Å²) in [6.45, 7) is 3.70. The number of aliphatic hydroxyl groups excluding tert-OH is 1. The fourth-order valence-corrected chi connectivity index (χ4v) is 1.64. The van der Waals surface area contributed by atoms with Crippen LogP contribution in [0.1, 0.15) is 39.5 Å². The van der Waals surface area contributed by atoms with Gasteiger partial charge >= 0.3 is 0 Å². The van der Waals surface area contributed by atoms with E-state index in [1.807, 2.05) is 13.0 Å². The summed E-state index contributed by atoms with van der Waals surface area (Å²) in [5.74, 6) is 0. The Hall–Kier alpha value is -0.340. The lowest BCUT2D eigenvalue weighted by molar-refractivity contribution is 0.0549. The quantitative estimate of drug-likeness (QED) is 0.618. The fraction of sp³-hybridized carbons (Fsp3) is 0.800. The second-order valence-corrected chi connectivity index (χ2v) is 3.73. The molecule has 12 heavy (non-hydrogen) atoms. The Morgan fingerprint density at radius 3 is 2.83 bits per heavy atom. The molecule has 0 heterocycles. The minimum Gasteiger partial charge on any atom is -0.389 e. The molecular weight excluding hydrogens is 152 g/mol. The van der Waals surface area contributed by atoms with Gasteiger partial charge in [-0.3, -0.25) is 0 Å². The van der Waals surface area contributed by atoms with Gasteiger partial charge in [0.2, 0.25) is 0 Å². The molecule has 1 unspecified atom stereocenters. The van der Waals surface area contributed by atoms with Crippen LogP contribution in [0.5, 0.6) is 0 Å². The number of rotatable bonds is 2. The van der Waals surface area contributed by atoms with E-state index in [1.54, 1.807) is 6.92 Å². The molecule has 0 amide bonds. The Morgan fingerprint density at radius 2 is 2.33 bits per heavy atom. The number of allylic oxidation sites excluding steroid dienone is 1. The lowest BCUT2D eigenvalue weighted by Gasteiger charge is -2.31. The van der Waals surface area contributed by atoms with Crippen LogP contribution in [0, 0.1) is 0 Å². The fourth-order valence-electron chi connectivity index (χ4n) is 1.64. The summed E-state index contributed by atoms with van der Waals surface area (Å²) >= 11 is 0. The summed E-state index contributed by atoms with van der Waals surface area (Å²) in [5.41, 5.74) is 0.0103. The van der Waals surface area contributed by atoms with Crippen molar-refractivity contribution in [2.24, 2.45) is 0 Å². The second-order valence-electron chi connectivity index (χ2n) is 3.73. The topological polar surface area (TPSA) is 40.5 Å². The Labute approximate surface area is 73.9 Å². The zero-order valence-corrected chi connectivity index (χ0v) is 7.88. The number of hydrogen-bond acceptors (Lipinski definition) is 2. The van der Waals surface area contributed by atoms with Gasteiger partial charge in [0.15, 0.2) is 0 Å². The van der Waals surface area contributed by atoms with Crippen LogP contribution in [-0.4, -0.2) is 21.9 Å². The largest absolute Gasteiger partial charge is 0.389 e. The maximum atomic E-state index is 9.89. The lowest BCUT2D eigenvalue weighted by Crippen LogP contribution is -2.34. The van der Waals surface area contributed by atoms with Gasteiger partial charge in [0.05, 0.1) is 11.7 Å². The first-order valence-corrected chi connectivity index (χ1v) is 4.69. The number of hydrogen-bond donors (Lipinski definition) is 2. The van der Waals surface area contributed by atoms with Gasteiger partial charge in [0, 0.05) is 0 Å². The zero-order chi connectivity index (χ0) is 9.19. The molecule has 1 aliphatic rings. The molecule has 2 nitrogen and oxygen atoms in total. The molecule has 0 aromatic heterocycles. The molecule has 0 aromatic carbocycles. The second kappa shape index (κ2) is 3.58. The van der Waals surface area contributed by atoms with Crippen molar-refractivity contribution in [3.8, 4) is 0 Å². The molecule has 0 aromatic rings. The van der Waals surface area contributed by atoms with Crippen molar-refractivity contribution in [1.82, 2.24) is 0 Å². The third kappa shape index (κ3) is 1.87. The maximum absolute atomic E-state index is 9.89. The highest BCUT2D eigenvalue weighted by molar-refractivity contribution is 5.21. The lowest BCUT2D eigenvalue weighted by atomic mass is 9.83. The van der Waals surface area contributed by atoms with E-state index in [0.29, 0.717) is 6.42 Å². The van der Waals surface area contributed by atoms with Crippen molar-refractivity contribution in [3.63, 3.8) is 0 Å². The Kier molecular flexibility index (Phi) is 2.91. The average molecular weight is 170 g/mol. The summed E-state index contributed by atoms with van der Waals surface area (Å²) in [6, 6.07) is 0. The van der Waals surface area contributed by atoms with Crippen molar-refractivity contribution in [1.29, 1.82) is 0 Å². The van der Waals surface area contributed by atoms with Crippen molar-refractivity contribution in [2.45, 2.75) is 51.2 Å². The minimum absolute atomic E-state index is 0.423. The Bertz CT molecular complexity index is 182. The van der Waals surface area contributed by atoms with Crippen LogP contribution in [0.4, 0.5) is 0 Å². The van der Waals surface area contributed by atoms with E-state index in [0.717, 1.165) is 24.8 Å². The normalized spacial score (nSPS) is 29.3. The van der Waals surface area contributed by atoms with Gasteiger partial charge < -0.3 is 10.2 Å². The van der Waals surface area contributed by atoms with E-state index >= 15 is 0 Å². The molecule has 1 rings (SSSR count). The first-order chi connectivity index (χ1) is 5.58. The van der Waals surface area contributed by atoms with Crippen LogP contribution in [0.25, 0.3) is 0 Å². The van der Waals surface area contributed by atoms with Gasteiger partial charge in [-0.05, 0) is 38.2 Å². The molecule has 0 fully saturated rings. The van der Waals surface area contributed by atoms with Gasteiger partial charge in [-0.1, -0.05) is 13.0 Å². The molecule has 0 aliphatic heterocycles. The first kappa shape index (κ1) is 9.75. The highest BCUT2D eigenvalue weighted by Crippen LogP contribution is 2.29. The highest BCUT2D eigenvalue weighted by Gasteiger charge is 2.29. The molecule has 2 atom stereocenters. The Morgan fingerprint density at radius 1 is 1.67 bits per heavy atom. The molecule has 0 radical (unpaired) electrons. The predicted octanol–water partition coefficient (Wildman–Crippen LogP) is 1.62. The highest BCUT2D eigenvalue weighted by atomic mass is 16.3. The maximum Gasteiger partial charge on any atom is 0.0850 e. The minimum atomic E-state index is -0.806. The summed E-state index contributed by atoms with van der Waals surface area (Å²) in [4.78, 5) is 0. The average Bonchev–Trinajstić information content (AvgIpc) is 2.05. The molecule has 1 aliphatic carbocycles. The standard InChI is InChI=1S/C10H18O2/c1-3-10(2,12)8-6-4-5-7-9(8)11/h6,9,11-12H,3-5,7H2,1-2H3/t9-,10?/m0/s1. The summed E-state index contributed by atoms with van der Waals surface area (Å²) < 4.78 is 0. The molecule has 0 bridgehead atoms. The molecule has 0 saturated carbocycles. The molecule has 2 heteroatoms. The Balaban J connectivity index is 2.78. The van der Waals surface area contributed by atoms with E-state index < -0.39 is 11.7 Å². The van der Waals surface area contributed by atoms with Crippen molar-refractivity contribution in [3.05, 3.63) is 11.6 Å². The van der Waals surface area contributed by atoms with Gasteiger partial charge in [0.25, 0.3) is 0 Å². The van der Waals surface area contributed by atoms with E-state index in [1.165, 1.54) is 0 Å². The van der Waals surface area contributed by atoms with Gasteiger partial charge in [0.1, 0.15) is 0 Å². The third-order valence-electron chi connectivity index (χ3n) is 2.72. The van der Waals surface area contributed by atoms with Crippen molar-refractivity contribution in [2.75, 3.05) is 0 Å². The third-order valence-corrected chi connectivity index (χ3v) is 2.72. The van der Waals surface area contributed by atoms with Gasteiger partial charge in [-0.2, -0.15) is 0 Å². The summed E-state index contributed by atoms with van der Waals surface area (Å²) in [6.07, 6.45) is 5.04. The SMILES string of the molecule is CCC(C)(O)C1=CCCC[C@@H]1O. The van der Waals surface area contributed by atoms with E-state index in [-0.39, 0.29) is 0 Å². The van der Waals surface area contributed by atoms with Crippen LogP contribution in [-0.2, 0) is 0 Å². The van der Waals surface area contributed by atoms with Crippen LogP contribution < -0.4 is 0 Å². The summed E-state index contributed by atoms with van der Waals surface area (Å²) in [5, 5.41) is 19.5. The smallest absolute Gasteiger partial charge is 0.0850 e. The van der Waals surface area contributed by atoms with Crippen LogP contribution in [0.2, 0.25) is 0 Å². The first-order valence-electron chi connectivity index (χ1n) is 4.69. The van der Waals surface area contributed by atoms with Crippen molar-refractivity contribution >= 4 is 0 Å².